The molecule has 21 heavy (non-hydrogen) atoms. The zero-order chi connectivity index (χ0) is 15.5. The van der Waals surface area contributed by atoms with Gasteiger partial charge in [-0.05, 0) is 26.0 Å². The van der Waals surface area contributed by atoms with E-state index < -0.39 is 17.4 Å². The maximum Gasteiger partial charge on any atom is 0.339 e. The Labute approximate surface area is 122 Å². The second-order valence-corrected chi connectivity index (χ2v) is 5.09. The van der Waals surface area contributed by atoms with E-state index in [-0.39, 0.29) is 12.6 Å². The number of rotatable bonds is 5. The largest absolute Gasteiger partial charge is 0.481 e. The van der Waals surface area contributed by atoms with Crippen molar-refractivity contribution in [2.24, 2.45) is 5.41 Å². The Morgan fingerprint density at radius 1 is 1.57 bits per heavy atom. The Kier molecular flexibility index (Phi) is 4.42. The molecular formula is C14H18N2O5. The van der Waals surface area contributed by atoms with Crippen molar-refractivity contribution in [2.45, 2.75) is 19.9 Å². The summed E-state index contributed by atoms with van der Waals surface area (Å²) in [4.78, 5) is 27.0. The molecule has 1 aromatic heterocycles. The van der Waals surface area contributed by atoms with Gasteiger partial charge < -0.3 is 19.9 Å². The van der Waals surface area contributed by atoms with Crippen molar-refractivity contribution in [2.75, 3.05) is 25.1 Å². The van der Waals surface area contributed by atoms with Crippen LogP contribution in [0.5, 0.6) is 0 Å². The molecule has 0 aliphatic carbocycles. The highest BCUT2D eigenvalue weighted by Crippen LogP contribution is 2.30. The third kappa shape index (κ3) is 3.13. The number of aliphatic carboxylic acids is 1. The lowest BCUT2D eigenvalue weighted by molar-refractivity contribution is -0.148. The Morgan fingerprint density at radius 2 is 2.33 bits per heavy atom. The monoisotopic (exact) mass is 294 g/mol. The number of aromatic nitrogens is 1. The zero-order valence-electron chi connectivity index (χ0n) is 12.0. The molecule has 2 heterocycles. The first-order valence-electron chi connectivity index (χ1n) is 6.68. The first-order chi connectivity index (χ1) is 9.97. The molecule has 1 saturated heterocycles. The minimum absolute atomic E-state index is 0.154. The lowest BCUT2D eigenvalue weighted by Gasteiger charge is -2.25. The van der Waals surface area contributed by atoms with Crippen molar-refractivity contribution in [3.8, 4) is 0 Å². The van der Waals surface area contributed by atoms with E-state index in [4.69, 9.17) is 9.47 Å². The molecule has 0 amide bonds. The number of pyridine rings is 1. The van der Waals surface area contributed by atoms with Crippen LogP contribution in [0.1, 0.15) is 24.2 Å². The van der Waals surface area contributed by atoms with Gasteiger partial charge in [0.25, 0.3) is 0 Å². The highest BCUT2D eigenvalue weighted by molar-refractivity contribution is 5.89. The number of carbonyl (C=O) groups is 2. The van der Waals surface area contributed by atoms with E-state index in [1.807, 2.05) is 0 Å². The summed E-state index contributed by atoms with van der Waals surface area (Å²) in [5, 5.41) is 12.3. The standard InChI is InChI=1S/C14H18N2O5/c1-3-21-12(17)9-4-5-11(15-6-9)16-10-7-20-8-14(10,2)13(18)19/h4-6,10H,3,7-8H2,1-2H3,(H,15,16)(H,18,19). The van der Waals surface area contributed by atoms with Crippen LogP contribution in [0, 0.1) is 5.41 Å². The molecule has 1 aliphatic rings. The van der Waals surface area contributed by atoms with Gasteiger partial charge in [0.15, 0.2) is 0 Å². The number of carboxylic acid groups (broad SMARTS) is 1. The van der Waals surface area contributed by atoms with Crippen molar-refractivity contribution >= 4 is 17.8 Å². The second-order valence-electron chi connectivity index (χ2n) is 5.09. The highest BCUT2D eigenvalue weighted by Gasteiger charge is 2.46. The van der Waals surface area contributed by atoms with Crippen molar-refractivity contribution in [1.82, 2.24) is 4.98 Å². The van der Waals surface area contributed by atoms with Crippen LogP contribution < -0.4 is 5.32 Å². The van der Waals surface area contributed by atoms with Crippen molar-refractivity contribution in [3.05, 3.63) is 23.9 Å². The van der Waals surface area contributed by atoms with E-state index in [1.54, 1.807) is 26.0 Å². The zero-order valence-corrected chi connectivity index (χ0v) is 12.0. The number of hydrogen-bond donors (Lipinski definition) is 2. The third-order valence-corrected chi connectivity index (χ3v) is 3.54. The fourth-order valence-corrected chi connectivity index (χ4v) is 2.08. The van der Waals surface area contributed by atoms with Crippen LogP contribution in [0.25, 0.3) is 0 Å². The summed E-state index contributed by atoms with van der Waals surface area (Å²) >= 11 is 0. The minimum atomic E-state index is -0.999. The number of anilines is 1. The molecule has 7 heteroatoms. The maximum absolute atomic E-state index is 11.5. The van der Waals surface area contributed by atoms with E-state index in [9.17, 15) is 14.7 Å². The Bertz CT molecular complexity index is 531. The van der Waals surface area contributed by atoms with Gasteiger partial charge in [0, 0.05) is 6.20 Å². The van der Waals surface area contributed by atoms with Gasteiger partial charge in [0.2, 0.25) is 0 Å². The Hall–Kier alpha value is -2.15. The van der Waals surface area contributed by atoms with E-state index in [2.05, 4.69) is 10.3 Å². The molecule has 7 nitrogen and oxygen atoms in total. The predicted octanol–water partition coefficient (Wildman–Crippen LogP) is 1.16. The minimum Gasteiger partial charge on any atom is -0.481 e. The highest BCUT2D eigenvalue weighted by atomic mass is 16.5. The molecule has 2 atom stereocenters. The van der Waals surface area contributed by atoms with E-state index in [0.717, 1.165) is 0 Å². The summed E-state index contributed by atoms with van der Waals surface area (Å²) in [6.45, 7) is 4.11. The van der Waals surface area contributed by atoms with Crippen LogP contribution in [0.3, 0.4) is 0 Å². The summed E-state index contributed by atoms with van der Waals surface area (Å²) in [6.07, 6.45) is 1.40. The van der Waals surface area contributed by atoms with Gasteiger partial charge in [0.05, 0.1) is 31.4 Å². The number of nitrogens with zero attached hydrogens (tertiary/aromatic N) is 1. The Morgan fingerprint density at radius 3 is 2.90 bits per heavy atom. The van der Waals surface area contributed by atoms with Crippen LogP contribution in [0.15, 0.2) is 18.3 Å². The fraction of sp³-hybridized carbons (Fsp3) is 0.500. The molecule has 2 N–H and O–H groups in total. The van der Waals surface area contributed by atoms with E-state index in [0.29, 0.717) is 24.6 Å². The van der Waals surface area contributed by atoms with Crippen LogP contribution in [0.2, 0.25) is 0 Å². The molecule has 0 radical (unpaired) electrons. The number of carbonyl (C=O) groups excluding carboxylic acids is 1. The van der Waals surface area contributed by atoms with Crippen LogP contribution in [0.4, 0.5) is 5.82 Å². The maximum atomic E-state index is 11.5. The Balaban J connectivity index is 2.07. The molecule has 1 aliphatic heterocycles. The van der Waals surface area contributed by atoms with Gasteiger partial charge in [-0.25, -0.2) is 9.78 Å². The van der Waals surface area contributed by atoms with Crippen LogP contribution in [-0.4, -0.2) is 47.9 Å². The molecule has 0 bridgehead atoms. The first-order valence-corrected chi connectivity index (χ1v) is 6.68. The summed E-state index contributed by atoms with van der Waals surface area (Å²) < 4.78 is 10.1. The summed E-state index contributed by atoms with van der Waals surface area (Å²) in [5.41, 5.74) is -0.646. The van der Waals surface area contributed by atoms with Gasteiger partial charge in [-0.15, -0.1) is 0 Å². The van der Waals surface area contributed by atoms with Gasteiger partial charge in [-0.1, -0.05) is 0 Å². The molecule has 0 saturated carbocycles. The van der Waals surface area contributed by atoms with E-state index >= 15 is 0 Å². The predicted molar refractivity (Wildman–Crippen MR) is 74.2 cm³/mol. The van der Waals surface area contributed by atoms with Gasteiger partial charge in [0.1, 0.15) is 11.2 Å². The van der Waals surface area contributed by atoms with Crippen molar-refractivity contribution in [1.29, 1.82) is 0 Å². The summed E-state index contributed by atoms with van der Waals surface area (Å²) in [5.74, 6) is -0.859. The molecule has 0 aromatic carbocycles. The molecule has 2 rings (SSSR count). The quantitative estimate of drug-likeness (QED) is 0.786. The lowest BCUT2D eigenvalue weighted by atomic mass is 9.85. The third-order valence-electron chi connectivity index (χ3n) is 3.54. The fourth-order valence-electron chi connectivity index (χ4n) is 2.08. The van der Waals surface area contributed by atoms with Crippen LogP contribution in [-0.2, 0) is 14.3 Å². The molecule has 2 unspecified atom stereocenters. The van der Waals surface area contributed by atoms with Gasteiger partial charge in [-0.2, -0.15) is 0 Å². The molecule has 1 aromatic rings. The van der Waals surface area contributed by atoms with Crippen LogP contribution >= 0.6 is 0 Å². The first kappa shape index (κ1) is 15.2. The SMILES string of the molecule is CCOC(=O)c1ccc(NC2COCC2(C)C(=O)O)nc1. The number of ether oxygens (including phenoxy) is 2. The molecule has 114 valence electrons. The summed E-state index contributed by atoms with van der Waals surface area (Å²) in [6, 6.07) is 2.82. The van der Waals surface area contributed by atoms with E-state index in [1.165, 1.54) is 6.20 Å². The number of nitrogens with one attached hydrogen (secondary N) is 1. The van der Waals surface area contributed by atoms with Gasteiger partial charge >= 0.3 is 11.9 Å². The molecular weight excluding hydrogens is 276 g/mol. The number of esters is 1. The topological polar surface area (TPSA) is 97.8 Å². The van der Waals surface area contributed by atoms with Crippen molar-refractivity contribution < 1.29 is 24.2 Å². The average molecular weight is 294 g/mol. The smallest absolute Gasteiger partial charge is 0.339 e. The molecule has 0 spiro atoms. The number of carboxylic acids is 1. The van der Waals surface area contributed by atoms with Crippen molar-refractivity contribution in [3.63, 3.8) is 0 Å². The normalized spacial score (nSPS) is 24.6. The second kappa shape index (κ2) is 6.09. The van der Waals surface area contributed by atoms with Gasteiger partial charge in [-0.3, -0.25) is 4.79 Å². The molecule has 1 fully saturated rings. The number of hydrogen-bond acceptors (Lipinski definition) is 6. The summed E-state index contributed by atoms with van der Waals surface area (Å²) in [7, 11) is 0. The lowest BCUT2D eigenvalue weighted by Crippen LogP contribution is -2.43. The average Bonchev–Trinajstić information content (AvgIpc) is 2.83.